The number of aliphatic carboxylic acids is 1. The van der Waals surface area contributed by atoms with Crippen LogP contribution in [0.3, 0.4) is 0 Å². The number of hydrogen-bond acceptors (Lipinski definition) is 5. The summed E-state index contributed by atoms with van der Waals surface area (Å²) in [5, 5.41) is 20.5. The van der Waals surface area contributed by atoms with Crippen molar-refractivity contribution in [2.24, 2.45) is 0 Å². The number of carboxylic acid groups (broad SMARTS) is 1. The van der Waals surface area contributed by atoms with E-state index in [1.165, 1.54) is 4.70 Å². The molecular formula is C28H30N4O3S. The second kappa shape index (κ2) is 9.78. The molecule has 2 aromatic carbocycles. The van der Waals surface area contributed by atoms with Crippen molar-refractivity contribution >= 4 is 44.2 Å². The number of aromatic amines is 1. The van der Waals surface area contributed by atoms with E-state index in [4.69, 9.17) is 0 Å². The number of H-pyrrole nitrogens is 1. The van der Waals surface area contributed by atoms with E-state index >= 15 is 0 Å². The fourth-order valence-corrected chi connectivity index (χ4v) is 6.02. The van der Waals surface area contributed by atoms with Gasteiger partial charge in [0.2, 0.25) is 5.91 Å². The van der Waals surface area contributed by atoms with Crippen LogP contribution in [-0.4, -0.2) is 55.6 Å². The first kappa shape index (κ1) is 24.1. The molecule has 4 aromatic rings. The molecule has 1 amide bonds. The van der Waals surface area contributed by atoms with Crippen LogP contribution in [-0.2, 0) is 22.6 Å². The molecule has 8 heteroatoms. The zero-order chi connectivity index (χ0) is 25.3. The number of aromatic nitrogens is 2. The van der Waals surface area contributed by atoms with E-state index in [2.05, 4.69) is 58.2 Å². The van der Waals surface area contributed by atoms with Crippen molar-refractivity contribution in [1.29, 1.82) is 0 Å². The molecule has 186 valence electrons. The van der Waals surface area contributed by atoms with Crippen molar-refractivity contribution in [3.8, 4) is 0 Å². The van der Waals surface area contributed by atoms with Gasteiger partial charge < -0.3 is 14.9 Å². The lowest BCUT2D eigenvalue weighted by molar-refractivity contribution is -0.143. The molecule has 1 aliphatic heterocycles. The predicted octanol–water partition coefficient (Wildman–Crippen LogP) is 5.19. The zero-order valence-electron chi connectivity index (χ0n) is 20.4. The number of hydrogen-bond donors (Lipinski definition) is 2. The van der Waals surface area contributed by atoms with Gasteiger partial charge in [-0.05, 0) is 53.8 Å². The Labute approximate surface area is 214 Å². The molecule has 3 heterocycles. The molecule has 2 aromatic heterocycles. The topological polar surface area (TPSA) is 89.5 Å². The first-order valence-corrected chi connectivity index (χ1v) is 13.1. The van der Waals surface area contributed by atoms with Crippen molar-refractivity contribution < 1.29 is 14.7 Å². The van der Waals surface area contributed by atoms with Crippen LogP contribution < -0.4 is 0 Å². The monoisotopic (exact) mass is 502 g/mol. The summed E-state index contributed by atoms with van der Waals surface area (Å²) in [5.74, 6) is -0.716. The predicted molar refractivity (Wildman–Crippen MR) is 143 cm³/mol. The molecule has 1 fully saturated rings. The van der Waals surface area contributed by atoms with Gasteiger partial charge in [-0.15, -0.1) is 11.3 Å². The fraction of sp³-hybridized carbons (Fsp3) is 0.321. The summed E-state index contributed by atoms with van der Waals surface area (Å²) < 4.78 is 1.19. The zero-order valence-corrected chi connectivity index (χ0v) is 21.2. The van der Waals surface area contributed by atoms with Crippen LogP contribution in [0.4, 0.5) is 0 Å². The second-order valence-electron chi connectivity index (χ2n) is 9.66. The first-order chi connectivity index (χ1) is 17.3. The summed E-state index contributed by atoms with van der Waals surface area (Å²) in [6.07, 6.45) is 3.58. The highest BCUT2D eigenvalue weighted by Gasteiger charge is 2.47. The number of benzene rings is 2. The fourth-order valence-electron chi connectivity index (χ4n) is 5.06. The van der Waals surface area contributed by atoms with Crippen LogP contribution >= 0.6 is 11.3 Å². The van der Waals surface area contributed by atoms with Crippen LogP contribution in [0.1, 0.15) is 37.3 Å². The van der Waals surface area contributed by atoms with E-state index in [0.29, 0.717) is 32.5 Å². The number of thiophene rings is 1. The van der Waals surface area contributed by atoms with Gasteiger partial charge in [0.15, 0.2) is 0 Å². The third-order valence-corrected chi connectivity index (χ3v) is 8.34. The van der Waals surface area contributed by atoms with E-state index in [1.807, 2.05) is 23.1 Å². The largest absolute Gasteiger partial charge is 0.481 e. The Morgan fingerprint density at radius 2 is 2.11 bits per heavy atom. The summed E-state index contributed by atoms with van der Waals surface area (Å²) >= 11 is 1.67. The van der Waals surface area contributed by atoms with E-state index in [-0.39, 0.29) is 12.3 Å². The molecule has 0 saturated carbocycles. The Morgan fingerprint density at radius 1 is 1.28 bits per heavy atom. The highest BCUT2D eigenvalue weighted by molar-refractivity contribution is 7.17. The summed E-state index contributed by atoms with van der Waals surface area (Å²) in [4.78, 5) is 28.7. The maximum atomic E-state index is 13.4. The SMILES string of the molecule is C=C(N(CCCC(=O)O)Cc1ccc2cn[nH]c2c1)C1(C)CCN1C(=O)Cc1csc2ccccc12. The summed E-state index contributed by atoms with van der Waals surface area (Å²) in [6, 6.07) is 14.3. The molecule has 5 rings (SSSR count). The minimum atomic E-state index is -0.811. The number of rotatable bonds is 10. The van der Waals surface area contributed by atoms with Crippen molar-refractivity contribution in [2.45, 2.75) is 44.7 Å². The number of carbonyl (C=O) groups excluding carboxylic acids is 1. The van der Waals surface area contributed by atoms with E-state index in [9.17, 15) is 14.7 Å². The first-order valence-electron chi connectivity index (χ1n) is 12.2. The lowest BCUT2D eigenvalue weighted by Gasteiger charge is -2.54. The average Bonchev–Trinajstić information content (AvgIpc) is 3.48. The van der Waals surface area contributed by atoms with Gasteiger partial charge in [0.1, 0.15) is 0 Å². The third-order valence-electron chi connectivity index (χ3n) is 7.32. The summed E-state index contributed by atoms with van der Waals surface area (Å²) in [7, 11) is 0. The van der Waals surface area contributed by atoms with E-state index in [0.717, 1.165) is 39.5 Å². The minimum absolute atomic E-state index is 0.0912. The Morgan fingerprint density at radius 3 is 2.89 bits per heavy atom. The smallest absolute Gasteiger partial charge is 0.303 e. The lowest BCUT2D eigenvalue weighted by Crippen LogP contribution is -2.63. The molecular weight excluding hydrogens is 472 g/mol. The van der Waals surface area contributed by atoms with Gasteiger partial charge in [-0.25, -0.2) is 0 Å². The Hall–Kier alpha value is -3.65. The molecule has 7 nitrogen and oxygen atoms in total. The Kier molecular flexibility index (Phi) is 6.53. The summed E-state index contributed by atoms with van der Waals surface area (Å²) in [5.41, 5.74) is 3.45. The molecule has 1 atom stereocenters. The highest BCUT2D eigenvalue weighted by atomic mass is 32.1. The van der Waals surface area contributed by atoms with E-state index in [1.54, 1.807) is 17.5 Å². The Bertz CT molecular complexity index is 1440. The standard InChI is InChI=1S/C28H30N4O3S/c1-19(31(12-5-8-27(34)35)17-20-9-10-21-16-29-30-24(21)14-20)28(2)11-13-32(28)26(33)15-22-18-36-25-7-4-3-6-23(22)25/h3-4,6-7,9-10,14,16,18H,1,5,8,11-13,15,17H2,2H3,(H,29,30)(H,34,35). The minimum Gasteiger partial charge on any atom is -0.481 e. The quantitative estimate of drug-likeness (QED) is 0.311. The number of nitrogens with one attached hydrogen (secondary N) is 1. The van der Waals surface area contributed by atoms with Crippen LogP contribution in [0, 0.1) is 0 Å². The Balaban J connectivity index is 1.34. The molecule has 1 unspecified atom stereocenters. The molecule has 1 saturated heterocycles. The number of nitrogens with zero attached hydrogens (tertiary/aromatic N) is 3. The number of fused-ring (bicyclic) bond motifs is 2. The normalized spacial score (nSPS) is 17.3. The van der Waals surface area contributed by atoms with Crippen molar-refractivity contribution in [3.63, 3.8) is 0 Å². The molecule has 0 spiro atoms. The second-order valence-corrected chi connectivity index (χ2v) is 10.6. The average molecular weight is 503 g/mol. The van der Waals surface area contributed by atoms with Crippen molar-refractivity contribution in [3.05, 3.63) is 77.4 Å². The molecule has 36 heavy (non-hydrogen) atoms. The van der Waals surface area contributed by atoms with Crippen LogP contribution in [0.2, 0.25) is 0 Å². The molecule has 0 radical (unpaired) electrons. The number of carboxylic acids is 1. The number of carbonyl (C=O) groups is 2. The maximum absolute atomic E-state index is 13.4. The van der Waals surface area contributed by atoms with Crippen LogP contribution in [0.15, 0.2) is 66.3 Å². The highest BCUT2D eigenvalue weighted by Crippen LogP contribution is 2.39. The van der Waals surface area contributed by atoms with Crippen LogP contribution in [0.25, 0.3) is 21.0 Å². The molecule has 1 aliphatic rings. The number of likely N-dealkylation sites (tertiary alicyclic amines) is 1. The van der Waals surface area contributed by atoms with Crippen molar-refractivity contribution in [2.75, 3.05) is 13.1 Å². The van der Waals surface area contributed by atoms with E-state index < -0.39 is 11.5 Å². The molecule has 2 N–H and O–H groups in total. The van der Waals surface area contributed by atoms with Gasteiger partial charge in [-0.1, -0.05) is 36.9 Å². The van der Waals surface area contributed by atoms with Gasteiger partial charge >= 0.3 is 5.97 Å². The van der Waals surface area contributed by atoms with Gasteiger partial charge in [-0.2, -0.15) is 5.10 Å². The van der Waals surface area contributed by atoms with Gasteiger partial charge in [-0.3, -0.25) is 14.7 Å². The maximum Gasteiger partial charge on any atom is 0.303 e. The number of amides is 1. The van der Waals surface area contributed by atoms with Crippen LogP contribution in [0.5, 0.6) is 0 Å². The summed E-state index contributed by atoms with van der Waals surface area (Å²) in [6.45, 7) is 8.35. The van der Waals surface area contributed by atoms with Gasteiger partial charge in [0.05, 0.1) is 23.7 Å². The lowest BCUT2D eigenvalue weighted by atomic mass is 9.82. The van der Waals surface area contributed by atoms with Gasteiger partial charge in [0.25, 0.3) is 0 Å². The van der Waals surface area contributed by atoms with Crippen molar-refractivity contribution in [1.82, 2.24) is 20.0 Å². The molecule has 0 aliphatic carbocycles. The van der Waals surface area contributed by atoms with Gasteiger partial charge in [0, 0.05) is 41.8 Å². The molecule has 0 bridgehead atoms. The third kappa shape index (κ3) is 4.60.